The average Bonchev–Trinajstić information content (AvgIpc) is 3.10. The number of nitrogens with one attached hydrogen (secondary N) is 1. The Morgan fingerprint density at radius 2 is 2.20 bits per heavy atom. The molecule has 1 saturated heterocycles. The van der Waals surface area contributed by atoms with Crippen LogP contribution < -0.4 is 14.8 Å². The first kappa shape index (κ1) is 16.4. The van der Waals surface area contributed by atoms with Gasteiger partial charge in [-0.25, -0.2) is 0 Å². The lowest BCUT2D eigenvalue weighted by Gasteiger charge is -2.36. The fourth-order valence-electron chi connectivity index (χ4n) is 3.83. The van der Waals surface area contributed by atoms with Crippen molar-refractivity contribution in [1.82, 2.24) is 10.2 Å². The largest absolute Gasteiger partial charge is 0.454 e. The highest BCUT2D eigenvalue weighted by Crippen LogP contribution is 2.37. The number of amides is 1. The predicted octanol–water partition coefficient (Wildman–Crippen LogP) is 1.40. The SMILES string of the molecule is O=C(CC1=CCNCC1)N1CC[C@@H](c2ccc3c(c2)OCO3)[C@H](O)C1. The molecule has 134 valence electrons. The molecule has 1 aromatic rings. The summed E-state index contributed by atoms with van der Waals surface area (Å²) < 4.78 is 10.8. The van der Waals surface area contributed by atoms with Crippen molar-refractivity contribution in [3.8, 4) is 11.5 Å². The van der Waals surface area contributed by atoms with Gasteiger partial charge in [0.2, 0.25) is 12.7 Å². The minimum atomic E-state index is -0.555. The topological polar surface area (TPSA) is 71.0 Å². The molecule has 6 nitrogen and oxygen atoms in total. The van der Waals surface area contributed by atoms with Gasteiger partial charge < -0.3 is 24.8 Å². The van der Waals surface area contributed by atoms with Gasteiger partial charge in [-0.3, -0.25) is 4.79 Å². The second-order valence-electron chi connectivity index (χ2n) is 6.91. The highest BCUT2D eigenvalue weighted by atomic mass is 16.7. The number of hydrogen-bond donors (Lipinski definition) is 2. The van der Waals surface area contributed by atoms with Crippen molar-refractivity contribution < 1.29 is 19.4 Å². The summed E-state index contributed by atoms with van der Waals surface area (Å²) in [6.45, 7) is 3.11. The van der Waals surface area contributed by atoms with Crippen molar-refractivity contribution in [3.63, 3.8) is 0 Å². The summed E-state index contributed by atoms with van der Waals surface area (Å²) >= 11 is 0. The second kappa shape index (κ2) is 7.06. The zero-order chi connectivity index (χ0) is 17.2. The Morgan fingerprint density at radius 3 is 3.00 bits per heavy atom. The molecule has 0 bridgehead atoms. The number of fused-ring (bicyclic) bond motifs is 1. The summed E-state index contributed by atoms with van der Waals surface area (Å²) in [7, 11) is 0. The first-order chi connectivity index (χ1) is 12.2. The van der Waals surface area contributed by atoms with Crippen LogP contribution in [-0.4, -0.2) is 55.0 Å². The monoisotopic (exact) mass is 344 g/mol. The van der Waals surface area contributed by atoms with Crippen molar-refractivity contribution in [2.45, 2.75) is 31.3 Å². The van der Waals surface area contributed by atoms with Crippen LogP contribution >= 0.6 is 0 Å². The number of hydrogen-bond acceptors (Lipinski definition) is 5. The summed E-state index contributed by atoms with van der Waals surface area (Å²) in [6, 6.07) is 5.83. The zero-order valence-corrected chi connectivity index (χ0v) is 14.2. The van der Waals surface area contributed by atoms with Crippen LogP contribution in [0.15, 0.2) is 29.8 Å². The van der Waals surface area contributed by atoms with E-state index in [9.17, 15) is 9.90 Å². The number of likely N-dealkylation sites (tertiary alicyclic amines) is 1. The van der Waals surface area contributed by atoms with Crippen LogP contribution in [0.2, 0.25) is 0 Å². The molecule has 0 spiro atoms. The lowest BCUT2D eigenvalue weighted by Crippen LogP contribution is -2.45. The first-order valence-corrected chi connectivity index (χ1v) is 8.95. The Morgan fingerprint density at radius 1 is 1.32 bits per heavy atom. The number of carbonyl (C=O) groups is 1. The van der Waals surface area contributed by atoms with E-state index in [1.165, 1.54) is 5.57 Å². The van der Waals surface area contributed by atoms with Crippen LogP contribution in [0, 0.1) is 0 Å². The van der Waals surface area contributed by atoms with Gasteiger partial charge in [-0.05, 0) is 37.1 Å². The molecule has 0 aromatic heterocycles. The maximum absolute atomic E-state index is 12.5. The maximum Gasteiger partial charge on any atom is 0.231 e. The standard InChI is InChI=1S/C19H24N2O4/c22-16-11-21(19(23)9-13-3-6-20-7-4-13)8-5-15(16)14-1-2-17-18(10-14)25-12-24-17/h1-3,10,15-16,20,22H,4-9,11-12H2/t15-,16+/m0/s1. The van der Waals surface area contributed by atoms with Crippen LogP contribution in [0.1, 0.15) is 30.7 Å². The Bertz CT molecular complexity index is 688. The molecule has 0 aliphatic carbocycles. The van der Waals surface area contributed by atoms with Gasteiger partial charge in [-0.2, -0.15) is 0 Å². The number of aliphatic hydroxyl groups is 1. The number of β-amino-alcohol motifs (C(OH)–C–C–N with tert-alkyl or cyclic N) is 1. The second-order valence-corrected chi connectivity index (χ2v) is 6.91. The number of benzene rings is 1. The van der Waals surface area contributed by atoms with E-state index < -0.39 is 6.10 Å². The van der Waals surface area contributed by atoms with Gasteiger partial charge in [0.1, 0.15) is 0 Å². The van der Waals surface area contributed by atoms with Crippen molar-refractivity contribution in [2.24, 2.45) is 0 Å². The lowest BCUT2D eigenvalue weighted by atomic mass is 9.86. The molecule has 3 aliphatic rings. The molecule has 1 aromatic carbocycles. The molecule has 2 N–H and O–H groups in total. The molecule has 6 heteroatoms. The van der Waals surface area contributed by atoms with E-state index in [1.807, 2.05) is 18.2 Å². The molecule has 25 heavy (non-hydrogen) atoms. The predicted molar refractivity (Wildman–Crippen MR) is 92.7 cm³/mol. The molecular weight excluding hydrogens is 320 g/mol. The third-order valence-electron chi connectivity index (χ3n) is 5.30. The maximum atomic E-state index is 12.5. The van der Waals surface area contributed by atoms with Crippen molar-refractivity contribution in [1.29, 1.82) is 0 Å². The molecule has 0 unspecified atom stereocenters. The zero-order valence-electron chi connectivity index (χ0n) is 14.2. The van der Waals surface area contributed by atoms with Crippen LogP contribution in [0.3, 0.4) is 0 Å². The van der Waals surface area contributed by atoms with Gasteiger partial charge in [0.15, 0.2) is 11.5 Å². The molecule has 3 heterocycles. The molecular formula is C19H24N2O4. The highest BCUT2D eigenvalue weighted by Gasteiger charge is 2.32. The van der Waals surface area contributed by atoms with E-state index in [0.717, 1.165) is 43.0 Å². The Balaban J connectivity index is 1.38. The Kier molecular flexibility index (Phi) is 4.63. The summed E-state index contributed by atoms with van der Waals surface area (Å²) in [5, 5.41) is 13.9. The summed E-state index contributed by atoms with van der Waals surface area (Å²) in [4.78, 5) is 14.3. The van der Waals surface area contributed by atoms with Gasteiger partial charge in [0.25, 0.3) is 0 Å². The van der Waals surface area contributed by atoms with Crippen LogP contribution in [-0.2, 0) is 4.79 Å². The van der Waals surface area contributed by atoms with Gasteiger partial charge in [0.05, 0.1) is 6.10 Å². The number of nitrogens with zero attached hydrogens (tertiary/aromatic N) is 1. The summed E-state index contributed by atoms with van der Waals surface area (Å²) in [5.74, 6) is 1.63. The van der Waals surface area contributed by atoms with Crippen molar-refractivity contribution in [2.75, 3.05) is 33.0 Å². The lowest BCUT2D eigenvalue weighted by molar-refractivity contribution is -0.134. The quantitative estimate of drug-likeness (QED) is 0.811. The van der Waals surface area contributed by atoms with E-state index in [0.29, 0.717) is 19.5 Å². The van der Waals surface area contributed by atoms with Crippen LogP contribution in [0.5, 0.6) is 11.5 Å². The molecule has 1 fully saturated rings. The summed E-state index contributed by atoms with van der Waals surface area (Å²) in [5.41, 5.74) is 2.25. The van der Waals surface area contributed by atoms with E-state index in [4.69, 9.17) is 9.47 Å². The molecule has 3 aliphatic heterocycles. The third kappa shape index (κ3) is 3.50. The smallest absolute Gasteiger partial charge is 0.231 e. The molecule has 0 radical (unpaired) electrons. The van der Waals surface area contributed by atoms with Crippen LogP contribution in [0.4, 0.5) is 0 Å². The number of ether oxygens (including phenoxy) is 2. The van der Waals surface area contributed by atoms with Gasteiger partial charge in [0, 0.05) is 32.0 Å². The number of piperidine rings is 1. The summed E-state index contributed by atoms with van der Waals surface area (Å²) in [6.07, 6.45) is 3.72. The minimum Gasteiger partial charge on any atom is -0.454 e. The Hall–Kier alpha value is -2.05. The molecule has 4 rings (SSSR count). The number of rotatable bonds is 3. The molecule has 1 amide bonds. The van der Waals surface area contributed by atoms with E-state index >= 15 is 0 Å². The average molecular weight is 344 g/mol. The van der Waals surface area contributed by atoms with Crippen molar-refractivity contribution in [3.05, 3.63) is 35.4 Å². The fourth-order valence-corrected chi connectivity index (χ4v) is 3.83. The molecule has 2 atom stereocenters. The number of aliphatic hydroxyl groups excluding tert-OH is 1. The van der Waals surface area contributed by atoms with Gasteiger partial charge >= 0.3 is 0 Å². The van der Waals surface area contributed by atoms with Crippen LogP contribution in [0.25, 0.3) is 0 Å². The Labute approximate surface area is 147 Å². The molecule has 0 saturated carbocycles. The number of carbonyl (C=O) groups excluding carboxylic acids is 1. The third-order valence-corrected chi connectivity index (χ3v) is 5.30. The highest BCUT2D eigenvalue weighted by molar-refractivity contribution is 5.79. The van der Waals surface area contributed by atoms with Gasteiger partial charge in [-0.1, -0.05) is 17.7 Å². The van der Waals surface area contributed by atoms with E-state index in [2.05, 4.69) is 11.4 Å². The minimum absolute atomic E-state index is 0.0247. The van der Waals surface area contributed by atoms with E-state index in [-0.39, 0.29) is 18.6 Å². The first-order valence-electron chi connectivity index (χ1n) is 8.95. The fraction of sp³-hybridized carbons (Fsp3) is 0.526. The van der Waals surface area contributed by atoms with Crippen molar-refractivity contribution >= 4 is 5.91 Å². The van der Waals surface area contributed by atoms with Gasteiger partial charge in [-0.15, -0.1) is 0 Å². The normalized spacial score (nSPS) is 25.6. The van der Waals surface area contributed by atoms with E-state index in [1.54, 1.807) is 4.90 Å².